The number of carboxylic acid groups (broad SMARTS) is 1. The van der Waals surface area contributed by atoms with E-state index < -0.39 is 22.0 Å². The van der Waals surface area contributed by atoms with Crippen LogP contribution in [0.15, 0.2) is 23.1 Å². The van der Waals surface area contributed by atoms with E-state index in [2.05, 4.69) is 0 Å². The Morgan fingerprint density at radius 1 is 1.45 bits per heavy atom. The van der Waals surface area contributed by atoms with Crippen LogP contribution in [0.2, 0.25) is 5.02 Å². The molecule has 1 fully saturated rings. The molecule has 1 atom stereocenters. The summed E-state index contributed by atoms with van der Waals surface area (Å²) in [5.41, 5.74) is 0. The second-order valence-electron chi connectivity index (χ2n) is 5.24. The first-order chi connectivity index (χ1) is 10.3. The first kappa shape index (κ1) is 15.7. The Bertz CT molecular complexity index is 859. The maximum absolute atomic E-state index is 13.0. The van der Waals surface area contributed by atoms with E-state index in [0.29, 0.717) is 28.1 Å². The summed E-state index contributed by atoms with van der Waals surface area (Å²) in [7, 11) is -3.86. The molecule has 0 radical (unpaired) electrons. The molecule has 0 aliphatic carbocycles. The zero-order valence-electron chi connectivity index (χ0n) is 11.7. The molecule has 0 spiro atoms. The summed E-state index contributed by atoms with van der Waals surface area (Å²) in [6.45, 7) is 1.97. The quantitative estimate of drug-likeness (QED) is 0.913. The SMILES string of the molecule is Cc1sc2ccc(Cl)cc2c1S(=O)(=O)N1CCCC1C(=O)O. The van der Waals surface area contributed by atoms with Crippen molar-refractivity contribution in [2.24, 2.45) is 0 Å². The molecule has 0 amide bonds. The lowest BCUT2D eigenvalue weighted by atomic mass is 10.2. The number of hydrogen-bond acceptors (Lipinski definition) is 4. The summed E-state index contributed by atoms with van der Waals surface area (Å²) >= 11 is 7.36. The van der Waals surface area contributed by atoms with Crippen molar-refractivity contribution >= 4 is 49.0 Å². The molecule has 1 aromatic heterocycles. The number of rotatable bonds is 3. The molecule has 1 aliphatic heterocycles. The lowest BCUT2D eigenvalue weighted by Gasteiger charge is -2.21. The lowest BCUT2D eigenvalue weighted by molar-refractivity contribution is -0.140. The van der Waals surface area contributed by atoms with Crippen LogP contribution in [0.1, 0.15) is 17.7 Å². The standard InChI is InChI=1S/C14H14ClNO4S2/c1-8-13(10-7-9(15)4-5-12(10)21-8)22(19,20)16-6-2-3-11(16)14(17)18/h4-5,7,11H,2-3,6H2,1H3,(H,17,18). The van der Waals surface area contributed by atoms with Crippen LogP contribution in [0, 0.1) is 6.92 Å². The predicted octanol–water partition coefficient (Wildman–Crippen LogP) is 3.10. The number of aliphatic carboxylic acids is 1. The molecular weight excluding hydrogens is 346 g/mol. The minimum atomic E-state index is -3.86. The zero-order valence-corrected chi connectivity index (χ0v) is 14.1. The van der Waals surface area contributed by atoms with Crippen molar-refractivity contribution in [3.63, 3.8) is 0 Å². The third-order valence-electron chi connectivity index (χ3n) is 3.82. The summed E-state index contributed by atoms with van der Waals surface area (Å²) in [4.78, 5) is 12.1. The molecule has 1 unspecified atom stereocenters. The normalized spacial score (nSPS) is 19.8. The number of hydrogen-bond donors (Lipinski definition) is 1. The number of halogens is 1. The molecule has 5 nitrogen and oxygen atoms in total. The zero-order chi connectivity index (χ0) is 16.1. The molecule has 1 aromatic carbocycles. The monoisotopic (exact) mass is 359 g/mol. The van der Waals surface area contributed by atoms with Crippen molar-refractivity contribution in [2.45, 2.75) is 30.7 Å². The van der Waals surface area contributed by atoms with Crippen LogP contribution in [-0.4, -0.2) is 36.4 Å². The maximum atomic E-state index is 13.0. The average Bonchev–Trinajstić information content (AvgIpc) is 3.02. The van der Waals surface area contributed by atoms with Gasteiger partial charge in [0, 0.05) is 26.5 Å². The number of carboxylic acids is 1. The fourth-order valence-electron chi connectivity index (χ4n) is 2.88. The molecule has 22 heavy (non-hydrogen) atoms. The maximum Gasteiger partial charge on any atom is 0.322 e. The molecule has 3 rings (SSSR count). The van der Waals surface area contributed by atoms with Gasteiger partial charge in [-0.1, -0.05) is 11.6 Å². The third kappa shape index (κ3) is 2.42. The molecule has 1 aliphatic rings. The van der Waals surface area contributed by atoms with Gasteiger partial charge in [-0.15, -0.1) is 11.3 Å². The van der Waals surface area contributed by atoms with Gasteiger partial charge in [0.2, 0.25) is 10.0 Å². The Morgan fingerprint density at radius 3 is 2.86 bits per heavy atom. The van der Waals surface area contributed by atoms with Crippen molar-refractivity contribution in [1.82, 2.24) is 4.31 Å². The van der Waals surface area contributed by atoms with Crippen LogP contribution in [0.5, 0.6) is 0 Å². The van der Waals surface area contributed by atoms with Gasteiger partial charge in [0.1, 0.15) is 10.9 Å². The average molecular weight is 360 g/mol. The molecule has 2 heterocycles. The number of thiophene rings is 1. The molecule has 2 aromatic rings. The van der Waals surface area contributed by atoms with Crippen molar-refractivity contribution in [3.05, 3.63) is 28.1 Å². The number of nitrogens with zero attached hydrogens (tertiary/aromatic N) is 1. The molecular formula is C14H14ClNO4S2. The highest BCUT2D eigenvalue weighted by molar-refractivity contribution is 7.89. The van der Waals surface area contributed by atoms with Crippen LogP contribution < -0.4 is 0 Å². The molecule has 1 N–H and O–H groups in total. The van der Waals surface area contributed by atoms with E-state index in [1.807, 2.05) is 0 Å². The number of fused-ring (bicyclic) bond motifs is 1. The second kappa shape index (κ2) is 5.49. The third-order valence-corrected chi connectivity index (χ3v) is 7.37. The van der Waals surface area contributed by atoms with Crippen LogP contribution in [-0.2, 0) is 14.8 Å². The Hall–Kier alpha value is -1.15. The van der Waals surface area contributed by atoms with Crippen LogP contribution >= 0.6 is 22.9 Å². The van der Waals surface area contributed by atoms with Gasteiger partial charge in [-0.2, -0.15) is 4.31 Å². The van der Waals surface area contributed by atoms with Gasteiger partial charge in [0.05, 0.1) is 0 Å². The molecule has 8 heteroatoms. The van der Waals surface area contributed by atoms with Gasteiger partial charge in [0.25, 0.3) is 0 Å². The highest BCUT2D eigenvalue weighted by Gasteiger charge is 2.41. The smallest absolute Gasteiger partial charge is 0.322 e. The lowest BCUT2D eigenvalue weighted by Crippen LogP contribution is -2.40. The second-order valence-corrected chi connectivity index (χ2v) is 8.76. The molecule has 1 saturated heterocycles. The predicted molar refractivity (Wildman–Crippen MR) is 86.1 cm³/mol. The number of carbonyl (C=O) groups is 1. The van der Waals surface area contributed by atoms with E-state index in [-0.39, 0.29) is 11.4 Å². The number of benzene rings is 1. The van der Waals surface area contributed by atoms with Gasteiger partial charge in [-0.05, 0) is 38.0 Å². The molecule has 0 bridgehead atoms. The summed E-state index contributed by atoms with van der Waals surface area (Å²) in [6, 6.07) is 4.14. The highest BCUT2D eigenvalue weighted by Crippen LogP contribution is 2.38. The van der Waals surface area contributed by atoms with E-state index in [1.165, 1.54) is 11.3 Å². The Balaban J connectivity index is 2.19. The van der Waals surface area contributed by atoms with E-state index in [9.17, 15) is 18.3 Å². The van der Waals surface area contributed by atoms with Crippen molar-refractivity contribution in [3.8, 4) is 0 Å². The Kier molecular flexibility index (Phi) is 3.92. The van der Waals surface area contributed by atoms with Gasteiger partial charge in [0.15, 0.2) is 0 Å². The van der Waals surface area contributed by atoms with Crippen molar-refractivity contribution in [1.29, 1.82) is 0 Å². The molecule has 118 valence electrons. The first-order valence-electron chi connectivity index (χ1n) is 6.75. The van der Waals surface area contributed by atoms with Gasteiger partial charge in [-0.3, -0.25) is 4.79 Å². The van der Waals surface area contributed by atoms with Crippen LogP contribution in [0.3, 0.4) is 0 Å². The Morgan fingerprint density at radius 2 is 2.18 bits per heavy atom. The van der Waals surface area contributed by atoms with Crippen LogP contribution in [0.25, 0.3) is 10.1 Å². The first-order valence-corrected chi connectivity index (χ1v) is 9.39. The fraction of sp³-hybridized carbons (Fsp3) is 0.357. The minimum absolute atomic E-state index is 0.183. The Labute approximate surface area is 137 Å². The number of aryl methyl sites for hydroxylation is 1. The largest absolute Gasteiger partial charge is 0.480 e. The minimum Gasteiger partial charge on any atom is -0.480 e. The van der Waals surface area contributed by atoms with E-state index in [0.717, 1.165) is 9.01 Å². The summed E-state index contributed by atoms with van der Waals surface area (Å²) in [5, 5.41) is 10.3. The van der Waals surface area contributed by atoms with Gasteiger partial charge in [-0.25, -0.2) is 8.42 Å². The van der Waals surface area contributed by atoms with E-state index in [4.69, 9.17) is 11.6 Å². The van der Waals surface area contributed by atoms with Gasteiger partial charge < -0.3 is 5.11 Å². The number of sulfonamides is 1. The summed E-state index contributed by atoms with van der Waals surface area (Å²) in [6.07, 6.45) is 0.897. The van der Waals surface area contributed by atoms with Gasteiger partial charge >= 0.3 is 5.97 Å². The molecule has 0 saturated carbocycles. The summed E-state index contributed by atoms with van der Waals surface area (Å²) in [5.74, 6) is -1.10. The fourth-order valence-corrected chi connectivity index (χ4v) is 6.44. The van der Waals surface area contributed by atoms with Crippen molar-refractivity contribution in [2.75, 3.05) is 6.54 Å². The highest BCUT2D eigenvalue weighted by atomic mass is 35.5. The topological polar surface area (TPSA) is 74.7 Å². The van der Waals surface area contributed by atoms with Crippen molar-refractivity contribution < 1.29 is 18.3 Å². The van der Waals surface area contributed by atoms with E-state index in [1.54, 1.807) is 25.1 Å². The van der Waals surface area contributed by atoms with Crippen LogP contribution in [0.4, 0.5) is 0 Å². The summed E-state index contributed by atoms with van der Waals surface area (Å²) < 4.78 is 27.9. The van der Waals surface area contributed by atoms with E-state index >= 15 is 0 Å².